The van der Waals surface area contributed by atoms with Crippen LogP contribution in [0.25, 0.3) is 34.3 Å². The molecule has 1 N–H and O–H groups in total. The van der Waals surface area contributed by atoms with Crippen molar-refractivity contribution in [1.82, 2.24) is 9.88 Å². The lowest BCUT2D eigenvalue weighted by molar-refractivity contribution is -0.122. The molecule has 41 heavy (non-hydrogen) atoms. The third-order valence-corrected chi connectivity index (χ3v) is 7.22. The molecule has 6 nitrogen and oxygen atoms in total. The number of halogens is 2. The van der Waals surface area contributed by atoms with Crippen molar-refractivity contribution in [1.29, 1.82) is 0 Å². The second kappa shape index (κ2) is 10.9. The SMILES string of the molecule is O=C1NC(=O)N(c2ccc(Cl)cc2)C(=O)C1=Cc1cc(-c2ccccc2)n(-c2ccc(Cl)cc2)c1-c1ccccc1. The van der Waals surface area contributed by atoms with Crippen molar-refractivity contribution in [2.24, 2.45) is 0 Å². The zero-order chi connectivity index (χ0) is 28.5. The molecule has 8 heteroatoms. The standard InChI is InChI=1S/C33H21Cl2N3O3/c34-24-11-15-26(16-12-24)37-29(21-7-3-1-4-8-21)20-23(30(37)22-9-5-2-6-10-22)19-28-31(39)36-33(41)38(32(28)40)27-17-13-25(35)14-18-27/h1-20H,(H,36,39,41). The van der Waals surface area contributed by atoms with Crippen LogP contribution in [0, 0.1) is 0 Å². The molecule has 1 aromatic heterocycles. The molecule has 1 aliphatic heterocycles. The average Bonchev–Trinajstić information content (AvgIpc) is 3.36. The van der Waals surface area contributed by atoms with Crippen LogP contribution in [-0.2, 0) is 9.59 Å². The van der Waals surface area contributed by atoms with Gasteiger partial charge in [-0.05, 0) is 71.8 Å². The number of anilines is 1. The number of urea groups is 1. The van der Waals surface area contributed by atoms with Gasteiger partial charge in [0.05, 0.1) is 17.1 Å². The predicted molar refractivity (Wildman–Crippen MR) is 162 cm³/mol. The Morgan fingerprint density at radius 2 is 1.17 bits per heavy atom. The smallest absolute Gasteiger partial charge is 0.309 e. The Balaban J connectivity index is 1.59. The van der Waals surface area contributed by atoms with Crippen molar-refractivity contribution < 1.29 is 14.4 Å². The molecule has 2 heterocycles. The quantitative estimate of drug-likeness (QED) is 0.171. The van der Waals surface area contributed by atoms with E-state index < -0.39 is 17.8 Å². The van der Waals surface area contributed by atoms with Gasteiger partial charge in [0.25, 0.3) is 11.8 Å². The molecule has 0 aliphatic carbocycles. The second-order valence-electron chi connectivity index (χ2n) is 9.31. The highest BCUT2D eigenvalue weighted by Gasteiger charge is 2.37. The molecule has 1 saturated heterocycles. The molecular weight excluding hydrogens is 557 g/mol. The average molecular weight is 578 g/mol. The van der Waals surface area contributed by atoms with Crippen molar-refractivity contribution in [3.8, 4) is 28.2 Å². The number of carbonyl (C=O) groups is 3. The Hall–Kier alpha value is -4.91. The van der Waals surface area contributed by atoms with E-state index in [0.29, 0.717) is 21.3 Å². The van der Waals surface area contributed by atoms with Gasteiger partial charge in [-0.15, -0.1) is 0 Å². The van der Waals surface area contributed by atoms with E-state index in [1.807, 2.05) is 91.0 Å². The van der Waals surface area contributed by atoms with Gasteiger partial charge < -0.3 is 4.57 Å². The summed E-state index contributed by atoms with van der Waals surface area (Å²) in [4.78, 5) is 40.4. The van der Waals surface area contributed by atoms with Crippen molar-refractivity contribution >= 4 is 52.8 Å². The second-order valence-corrected chi connectivity index (χ2v) is 10.2. The van der Waals surface area contributed by atoms with E-state index >= 15 is 0 Å². The van der Waals surface area contributed by atoms with Crippen molar-refractivity contribution in [2.45, 2.75) is 0 Å². The normalized spacial score (nSPS) is 14.4. The van der Waals surface area contributed by atoms with E-state index in [1.54, 1.807) is 24.3 Å². The Bertz CT molecular complexity index is 1810. The maximum absolute atomic E-state index is 13.7. The minimum Gasteiger partial charge on any atom is -0.309 e. The van der Waals surface area contributed by atoms with Gasteiger partial charge in [-0.3, -0.25) is 14.9 Å². The number of benzene rings is 4. The molecule has 0 bridgehead atoms. The number of amides is 4. The van der Waals surface area contributed by atoms with Gasteiger partial charge in [-0.2, -0.15) is 0 Å². The fraction of sp³-hybridized carbons (Fsp3) is 0. The highest BCUT2D eigenvalue weighted by molar-refractivity contribution is 6.39. The minimum absolute atomic E-state index is 0.176. The monoisotopic (exact) mass is 577 g/mol. The summed E-state index contributed by atoms with van der Waals surface area (Å²) in [6.07, 6.45) is 1.54. The molecule has 200 valence electrons. The summed E-state index contributed by atoms with van der Waals surface area (Å²) < 4.78 is 2.07. The summed E-state index contributed by atoms with van der Waals surface area (Å²) in [5.74, 6) is -1.51. The van der Waals surface area contributed by atoms with E-state index in [2.05, 4.69) is 9.88 Å². The third kappa shape index (κ3) is 5.07. The number of nitrogens with zero attached hydrogens (tertiary/aromatic N) is 2. The first-order valence-electron chi connectivity index (χ1n) is 12.7. The summed E-state index contributed by atoms with van der Waals surface area (Å²) in [5.41, 5.74) is 4.98. The highest BCUT2D eigenvalue weighted by Crippen LogP contribution is 2.38. The predicted octanol–water partition coefficient (Wildman–Crippen LogP) is 7.78. The van der Waals surface area contributed by atoms with Gasteiger partial charge in [0, 0.05) is 21.3 Å². The number of carbonyl (C=O) groups excluding carboxylic acids is 3. The van der Waals surface area contributed by atoms with Gasteiger partial charge in [-0.1, -0.05) is 83.9 Å². The van der Waals surface area contributed by atoms with Gasteiger partial charge in [-0.25, -0.2) is 9.69 Å². The van der Waals surface area contributed by atoms with E-state index in [1.165, 1.54) is 6.08 Å². The zero-order valence-corrected chi connectivity index (χ0v) is 22.9. The van der Waals surface area contributed by atoms with Crippen LogP contribution in [0.5, 0.6) is 0 Å². The molecule has 1 aliphatic rings. The van der Waals surface area contributed by atoms with Crippen LogP contribution < -0.4 is 10.2 Å². The van der Waals surface area contributed by atoms with Crippen LogP contribution in [0.4, 0.5) is 10.5 Å². The van der Waals surface area contributed by atoms with Crippen LogP contribution >= 0.6 is 23.2 Å². The Labute approximate surface area is 246 Å². The third-order valence-electron chi connectivity index (χ3n) is 6.72. The Kier molecular flexibility index (Phi) is 7.01. The number of imide groups is 2. The first-order chi connectivity index (χ1) is 19.9. The van der Waals surface area contributed by atoms with Crippen molar-refractivity contribution in [3.63, 3.8) is 0 Å². The number of hydrogen-bond donors (Lipinski definition) is 1. The molecule has 1 fully saturated rings. The molecule has 0 spiro atoms. The number of hydrogen-bond acceptors (Lipinski definition) is 3. The molecule has 0 unspecified atom stereocenters. The summed E-state index contributed by atoms with van der Waals surface area (Å²) in [5, 5.41) is 3.35. The Morgan fingerprint density at radius 3 is 1.76 bits per heavy atom. The van der Waals surface area contributed by atoms with E-state index in [4.69, 9.17) is 23.2 Å². The van der Waals surface area contributed by atoms with Crippen LogP contribution in [-0.4, -0.2) is 22.4 Å². The Morgan fingerprint density at radius 1 is 0.634 bits per heavy atom. The highest BCUT2D eigenvalue weighted by atomic mass is 35.5. The molecule has 0 saturated carbocycles. The van der Waals surface area contributed by atoms with Gasteiger partial charge in [0.15, 0.2) is 0 Å². The summed E-state index contributed by atoms with van der Waals surface area (Å²) in [6.45, 7) is 0. The number of rotatable bonds is 5. The molecule has 4 aromatic carbocycles. The van der Waals surface area contributed by atoms with Crippen LogP contribution in [0.15, 0.2) is 121 Å². The van der Waals surface area contributed by atoms with E-state index in [9.17, 15) is 14.4 Å². The number of aromatic nitrogens is 1. The zero-order valence-electron chi connectivity index (χ0n) is 21.4. The molecule has 6 rings (SSSR count). The molecule has 0 atom stereocenters. The molecule has 0 radical (unpaired) electrons. The largest absolute Gasteiger partial charge is 0.335 e. The van der Waals surface area contributed by atoms with Crippen molar-refractivity contribution in [3.05, 3.63) is 136 Å². The van der Waals surface area contributed by atoms with Crippen LogP contribution in [0.2, 0.25) is 10.0 Å². The topological polar surface area (TPSA) is 71.4 Å². The molecule has 4 amide bonds. The fourth-order valence-corrected chi connectivity index (χ4v) is 5.10. The minimum atomic E-state index is -0.827. The lowest BCUT2D eigenvalue weighted by Crippen LogP contribution is -2.54. The van der Waals surface area contributed by atoms with Gasteiger partial charge in [0.1, 0.15) is 5.57 Å². The van der Waals surface area contributed by atoms with Gasteiger partial charge >= 0.3 is 6.03 Å². The summed E-state index contributed by atoms with van der Waals surface area (Å²) >= 11 is 12.2. The maximum Gasteiger partial charge on any atom is 0.335 e. The lowest BCUT2D eigenvalue weighted by Gasteiger charge is -2.26. The molecular formula is C33H21Cl2N3O3. The summed E-state index contributed by atoms with van der Waals surface area (Å²) in [7, 11) is 0. The van der Waals surface area contributed by atoms with Crippen LogP contribution in [0.3, 0.4) is 0 Å². The number of barbiturate groups is 1. The van der Waals surface area contributed by atoms with Gasteiger partial charge in [0.2, 0.25) is 0 Å². The molecule has 5 aromatic rings. The number of nitrogens with one attached hydrogen (secondary N) is 1. The first kappa shape index (κ1) is 26.3. The van der Waals surface area contributed by atoms with E-state index in [0.717, 1.165) is 33.1 Å². The van der Waals surface area contributed by atoms with Crippen LogP contribution in [0.1, 0.15) is 5.56 Å². The lowest BCUT2D eigenvalue weighted by atomic mass is 10.0. The van der Waals surface area contributed by atoms with E-state index in [-0.39, 0.29) is 5.57 Å². The maximum atomic E-state index is 13.7. The fourth-order valence-electron chi connectivity index (χ4n) is 4.85. The summed E-state index contributed by atoms with van der Waals surface area (Å²) in [6, 6.07) is 34.3. The first-order valence-corrected chi connectivity index (χ1v) is 13.5. The van der Waals surface area contributed by atoms with Crippen molar-refractivity contribution in [2.75, 3.05) is 4.90 Å².